The maximum Gasteiger partial charge on any atom is 0.186 e. The molecule has 248 valence electrons. The molecule has 1 aliphatic heterocycles. The Morgan fingerprint density at radius 3 is 2.26 bits per heavy atom. The molecule has 43 heavy (non-hydrogen) atoms. The van der Waals surface area contributed by atoms with E-state index in [1.165, 1.54) is 5.57 Å². The lowest BCUT2D eigenvalue weighted by Gasteiger charge is -2.71. The molecule has 4 aliphatic carbocycles. The summed E-state index contributed by atoms with van der Waals surface area (Å²) >= 11 is 0. The number of rotatable bonds is 6. The van der Waals surface area contributed by atoms with Gasteiger partial charge in [0.15, 0.2) is 6.29 Å². The Kier molecular flexibility index (Phi) is 8.87. The van der Waals surface area contributed by atoms with Crippen LogP contribution in [-0.2, 0) is 9.47 Å². The van der Waals surface area contributed by atoms with Crippen LogP contribution >= 0.6 is 0 Å². The number of allylic oxidation sites excluding steroid dienone is 2. The van der Waals surface area contributed by atoms with Crippen LogP contribution in [0.4, 0.5) is 0 Å². The third-order valence-corrected chi connectivity index (χ3v) is 14.0. The number of fused-ring (bicyclic) bond motifs is 5. The van der Waals surface area contributed by atoms with Crippen molar-refractivity contribution in [1.82, 2.24) is 0 Å². The molecular formula is C35H60O8. The van der Waals surface area contributed by atoms with Crippen molar-refractivity contribution >= 4 is 0 Å². The minimum atomic E-state index is -1.39. The van der Waals surface area contributed by atoms with E-state index in [9.17, 15) is 30.6 Å². The fourth-order valence-electron chi connectivity index (χ4n) is 11.6. The Hall–Kier alpha value is -0.580. The summed E-state index contributed by atoms with van der Waals surface area (Å²) in [6.45, 7) is 17.2. The summed E-state index contributed by atoms with van der Waals surface area (Å²) in [5, 5.41) is 66.6. The second-order valence-electron chi connectivity index (χ2n) is 17.0. The van der Waals surface area contributed by atoms with Gasteiger partial charge in [-0.1, -0.05) is 46.3 Å². The van der Waals surface area contributed by atoms with E-state index < -0.39 is 47.8 Å². The van der Waals surface area contributed by atoms with Gasteiger partial charge in [-0.05, 0) is 117 Å². The van der Waals surface area contributed by atoms with Crippen molar-refractivity contribution in [3.8, 4) is 0 Å². The molecule has 5 aliphatic rings. The van der Waals surface area contributed by atoms with Crippen LogP contribution < -0.4 is 0 Å². The molecule has 0 bridgehead atoms. The minimum absolute atomic E-state index is 0.0608. The van der Waals surface area contributed by atoms with Crippen LogP contribution in [0, 0.1) is 45.3 Å². The van der Waals surface area contributed by atoms with Crippen molar-refractivity contribution in [2.24, 2.45) is 45.3 Å². The lowest BCUT2D eigenvalue weighted by molar-refractivity contribution is -0.323. The van der Waals surface area contributed by atoms with E-state index in [4.69, 9.17) is 9.47 Å². The maximum atomic E-state index is 12.1. The zero-order valence-corrected chi connectivity index (χ0v) is 27.8. The second kappa shape index (κ2) is 11.3. The standard InChI is InChI=1S/C35H60O8/c1-19(2)10-9-13-35(8,41)20-11-15-33(6)26(20)23(43-30-28(40)27(39)22(37)18-42-30)16-24-32(5)14-12-25(38)31(3,4)29(32)21(36)17-34(24,33)7/h10,20-30,36-41H,9,11-18H2,1-8H3/t20-,21-,22+,23+,24+,25-,26-,27-,28+,29-,30-,32+,33+,34+,35-/m0/s1. The van der Waals surface area contributed by atoms with Crippen molar-refractivity contribution in [3.63, 3.8) is 0 Å². The predicted octanol–water partition coefficient (Wildman–Crippen LogP) is 3.93. The molecule has 0 aromatic rings. The molecule has 8 nitrogen and oxygen atoms in total. The molecule has 0 aromatic heterocycles. The topological polar surface area (TPSA) is 140 Å². The van der Waals surface area contributed by atoms with Gasteiger partial charge in [-0.25, -0.2) is 0 Å². The Labute approximate surface area is 258 Å². The van der Waals surface area contributed by atoms with Gasteiger partial charge < -0.3 is 40.1 Å². The number of hydrogen-bond acceptors (Lipinski definition) is 8. The van der Waals surface area contributed by atoms with Gasteiger partial charge in [0.25, 0.3) is 0 Å². The Morgan fingerprint density at radius 1 is 0.930 bits per heavy atom. The molecule has 0 spiro atoms. The highest BCUT2D eigenvalue weighted by Crippen LogP contribution is 2.76. The van der Waals surface area contributed by atoms with E-state index in [2.05, 4.69) is 54.5 Å². The quantitative estimate of drug-likeness (QED) is 0.197. The predicted molar refractivity (Wildman–Crippen MR) is 164 cm³/mol. The smallest absolute Gasteiger partial charge is 0.186 e. The third-order valence-electron chi connectivity index (χ3n) is 14.0. The largest absolute Gasteiger partial charge is 0.393 e. The molecule has 4 saturated carbocycles. The van der Waals surface area contributed by atoms with Crippen LogP contribution in [0.25, 0.3) is 0 Å². The van der Waals surface area contributed by atoms with Crippen molar-refractivity contribution < 1.29 is 40.1 Å². The SMILES string of the molecule is CC(C)=CCC[C@](C)(O)[C@H]1CC[C@]2(C)[C@@H]1[C@H](O[C@@H]1OC[C@@H](O)[C@H](O)[C@H]1O)C[C@@H]1[C@@]3(C)CC[C@H](O)C(C)(C)[C@@H]3[C@@H](O)C[C@]12C. The van der Waals surface area contributed by atoms with E-state index in [0.29, 0.717) is 25.7 Å². The van der Waals surface area contributed by atoms with Crippen LogP contribution in [0.1, 0.15) is 107 Å². The van der Waals surface area contributed by atoms with Crippen molar-refractivity contribution in [2.75, 3.05) is 6.61 Å². The van der Waals surface area contributed by atoms with Crippen molar-refractivity contribution in [1.29, 1.82) is 0 Å². The van der Waals surface area contributed by atoms with Gasteiger partial charge in [0, 0.05) is 0 Å². The lowest BCUT2D eigenvalue weighted by Crippen LogP contribution is -2.70. The highest BCUT2D eigenvalue weighted by atomic mass is 16.7. The van der Waals surface area contributed by atoms with Crippen LogP contribution in [0.2, 0.25) is 0 Å². The monoisotopic (exact) mass is 608 g/mol. The lowest BCUT2D eigenvalue weighted by atomic mass is 9.34. The van der Waals surface area contributed by atoms with Crippen LogP contribution in [-0.4, -0.2) is 85.8 Å². The Balaban J connectivity index is 1.57. The highest BCUT2D eigenvalue weighted by molar-refractivity contribution is 5.22. The highest BCUT2D eigenvalue weighted by Gasteiger charge is 2.73. The van der Waals surface area contributed by atoms with E-state index in [1.54, 1.807) is 0 Å². The summed E-state index contributed by atoms with van der Waals surface area (Å²) < 4.78 is 12.6. The first kappa shape index (κ1) is 33.8. The molecule has 5 rings (SSSR count). The summed E-state index contributed by atoms with van der Waals surface area (Å²) in [4.78, 5) is 0. The summed E-state index contributed by atoms with van der Waals surface area (Å²) in [6.07, 6.45) is 1.70. The number of aliphatic hydroxyl groups is 6. The van der Waals surface area contributed by atoms with E-state index in [1.807, 2.05) is 6.92 Å². The molecule has 0 unspecified atom stereocenters. The fraction of sp³-hybridized carbons (Fsp3) is 0.943. The number of hydrogen-bond donors (Lipinski definition) is 6. The summed E-state index contributed by atoms with van der Waals surface area (Å²) in [5.41, 5.74) is -0.942. The first-order valence-corrected chi connectivity index (χ1v) is 16.8. The van der Waals surface area contributed by atoms with E-state index >= 15 is 0 Å². The van der Waals surface area contributed by atoms with Gasteiger partial charge in [0.2, 0.25) is 0 Å². The molecule has 5 fully saturated rings. The summed E-state index contributed by atoms with van der Waals surface area (Å²) in [6, 6.07) is 0. The Bertz CT molecular complexity index is 1050. The van der Waals surface area contributed by atoms with Gasteiger partial charge in [0.1, 0.15) is 18.3 Å². The molecule has 6 N–H and O–H groups in total. The molecule has 0 amide bonds. The molecule has 0 radical (unpaired) electrons. The fourth-order valence-corrected chi connectivity index (χ4v) is 11.6. The van der Waals surface area contributed by atoms with Gasteiger partial charge in [-0.15, -0.1) is 0 Å². The average molecular weight is 609 g/mol. The van der Waals surface area contributed by atoms with Crippen LogP contribution in [0.15, 0.2) is 11.6 Å². The van der Waals surface area contributed by atoms with Crippen LogP contribution in [0.3, 0.4) is 0 Å². The molecular weight excluding hydrogens is 548 g/mol. The van der Waals surface area contributed by atoms with E-state index in [-0.39, 0.29) is 52.6 Å². The van der Waals surface area contributed by atoms with E-state index in [0.717, 1.165) is 25.7 Å². The van der Waals surface area contributed by atoms with Crippen molar-refractivity contribution in [2.45, 2.75) is 155 Å². The molecule has 8 heteroatoms. The summed E-state index contributed by atoms with van der Waals surface area (Å²) in [7, 11) is 0. The molecule has 15 atom stereocenters. The molecule has 1 heterocycles. The third kappa shape index (κ3) is 5.18. The number of aliphatic hydroxyl groups excluding tert-OH is 5. The second-order valence-corrected chi connectivity index (χ2v) is 17.0. The zero-order chi connectivity index (χ0) is 31.9. The summed E-state index contributed by atoms with van der Waals surface area (Å²) in [5.74, 6) is -0.0447. The zero-order valence-electron chi connectivity index (χ0n) is 27.8. The van der Waals surface area contributed by atoms with Crippen LogP contribution in [0.5, 0.6) is 0 Å². The average Bonchev–Trinajstić information content (AvgIpc) is 3.28. The normalized spacial score (nSPS) is 52.4. The number of ether oxygens (including phenoxy) is 2. The van der Waals surface area contributed by atoms with Gasteiger partial charge in [-0.2, -0.15) is 0 Å². The molecule has 1 saturated heterocycles. The van der Waals surface area contributed by atoms with Crippen molar-refractivity contribution in [3.05, 3.63) is 11.6 Å². The molecule has 0 aromatic carbocycles. The first-order chi connectivity index (χ1) is 19.8. The van der Waals surface area contributed by atoms with Gasteiger partial charge in [0.05, 0.1) is 30.5 Å². The Morgan fingerprint density at radius 2 is 1.60 bits per heavy atom. The minimum Gasteiger partial charge on any atom is -0.393 e. The van der Waals surface area contributed by atoms with Gasteiger partial charge >= 0.3 is 0 Å². The maximum absolute atomic E-state index is 12.1. The van der Waals surface area contributed by atoms with Gasteiger partial charge in [-0.3, -0.25) is 0 Å². The first-order valence-electron chi connectivity index (χ1n) is 16.8.